The number of aldehydes is 1. The summed E-state index contributed by atoms with van der Waals surface area (Å²) in [5, 5.41) is 0. The molecular weight excluding hydrogens is 148 g/mol. The van der Waals surface area contributed by atoms with Crippen LogP contribution in [0.15, 0.2) is 24.3 Å². The number of carbonyl (C=O) groups excluding carboxylic acids is 1. The van der Waals surface area contributed by atoms with Crippen molar-refractivity contribution in [3.8, 4) is 0 Å². The van der Waals surface area contributed by atoms with E-state index in [-0.39, 0.29) is 5.92 Å². The van der Waals surface area contributed by atoms with Crippen LogP contribution in [0.2, 0.25) is 0 Å². The zero-order valence-corrected chi connectivity index (χ0v) is 7.99. The van der Waals surface area contributed by atoms with Gasteiger partial charge in [0.25, 0.3) is 0 Å². The van der Waals surface area contributed by atoms with Gasteiger partial charge in [0.15, 0.2) is 0 Å². The summed E-state index contributed by atoms with van der Waals surface area (Å²) in [7, 11) is 0. The molecule has 1 nitrogen and oxygen atoms in total. The van der Waals surface area contributed by atoms with E-state index in [0.717, 1.165) is 25.5 Å². The van der Waals surface area contributed by atoms with Gasteiger partial charge in [-0.1, -0.05) is 31.2 Å². The molecule has 0 aliphatic rings. The minimum Gasteiger partial charge on any atom is -0.303 e. The predicted octanol–water partition coefficient (Wildman–Crippen LogP) is 3.12. The average molecular weight is 166 g/mol. The zero-order chi connectivity index (χ0) is 9.23. The maximum absolute atomic E-state index is 10.2. The Bertz CT molecular complexity index is 156. The molecule has 0 N–H and O–H groups in total. The second kappa shape index (κ2) is 8.25. The highest BCUT2D eigenvalue weighted by molar-refractivity contribution is 5.52. The molecule has 12 heavy (non-hydrogen) atoms. The molecule has 0 aromatic rings. The molecule has 0 saturated heterocycles. The van der Waals surface area contributed by atoms with Gasteiger partial charge in [-0.15, -0.1) is 0 Å². The normalized spacial score (nSPS) is 14.2. The van der Waals surface area contributed by atoms with Crippen molar-refractivity contribution in [3.63, 3.8) is 0 Å². The standard InChI is InChI=1S/C11H18O/c1-3-4-5-6-7-8-9-11(2)10-12/h3-4,7-8,10-11H,5-6,9H2,1-2H3/b4-3+,8-7+. The zero-order valence-electron chi connectivity index (χ0n) is 7.99. The van der Waals surface area contributed by atoms with Crippen LogP contribution in [0.5, 0.6) is 0 Å². The largest absolute Gasteiger partial charge is 0.303 e. The van der Waals surface area contributed by atoms with Gasteiger partial charge in [-0.2, -0.15) is 0 Å². The topological polar surface area (TPSA) is 17.1 Å². The minimum atomic E-state index is 0.169. The quantitative estimate of drug-likeness (QED) is 0.336. The Morgan fingerprint density at radius 2 is 1.83 bits per heavy atom. The summed E-state index contributed by atoms with van der Waals surface area (Å²) in [5.41, 5.74) is 0. The van der Waals surface area contributed by atoms with Crippen LogP contribution < -0.4 is 0 Å². The van der Waals surface area contributed by atoms with Gasteiger partial charge in [0.05, 0.1) is 0 Å². The Labute approximate surface area is 75.2 Å². The van der Waals surface area contributed by atoms with Crippen LogP contribution in [-0.2, 0) is 4.79 Å². The highest BCUT2D eigenvalue weighted by atomic mass is 16.1. The fourth-order valence-corrected chi connectivity index (χ4v) is 0.843. The fraction of sp³-hybridized carbons (Fsp3) is 0.545. The highest BCUT2D eigenvalue weighted by Gasteiger charge is 1.92. The average Bonchev–Trinajstić information content (AvgIpc) is 2.10. The maximum atomic E-state index is 10.2. The molecule has 0 rings (SSSR count). The summed E-state index contributed by atoms with van der Waals surface area (Å²) in [4.78, 5) is 10.2. The molecule has 0 spiro atoms. The van der Waals surface area contributed by atoms with E-state index in [9.17, 15) is 4.79 Å². The molecule has 0 bridgehead atoms. The molecule has 0 saturated carbocycles. The number of unbranched alkanes of at least 4 members (excludes halogenated alkanes) is 1. The summed E-state index contributed by atoms with van der Waals surface area (Å²) in [6.45, 7) is 3.96. The number of hydrogen-bond donors (Lipinski definition) is 0. The van der Waals surface area contributed by atoms with Crippen LogP contribution in [0.1, 0.15) is 33.1 Å². The first kappa shape index (κ1) is 11.2. The van der Waals surface area contributed by atoms with Gasteiger partial charge in [0.1, 0.15) is 6.29 Å². The first-order chi connectivity index (χ1) is 5.81. The van der Waals surface area contributed by atoms with Gasteiger partial charge in [0.2, 0.25) is 0 Å². The van der Waals surface area contributed by atoms with E-state index in [0.29, 0.717) is 0 Å². The van der Waals surface area contributed by atoms with E-state index < -0.39 is 0 Å². The van der Waals surface area contributed by atoms with Crippen LogP contribution in [0.3, 0.4) is 0 Å². The summed E-state index contributed by atoms with van der Waals surface area (Å²) in [5.74, 6) is 0.169. The van der Waals surface area contributed by atoms with Crippen molar-refractivity contribution in [2.45, 2.75) is 33.1 Å². The Morgan fingerprint density at radius 3 is 2.42 bits per heavy atom. The molecule has 0 aromatic heterocycles. The van der Waals surface area contributed by atoms with Crippen molar-refractivity contribution in [3.05, 3.63) is 24.3 Å². The Kier molecular flexibility index (Phi) is 7.66. The van der Waals surface area contributed by atoms with Crippen molar-refractivity contribution < 1.29 is 4.79 Å². The maximum Gasteiger partial charge on any atom is 0.123 e. The monoisotopic (exact) mass is 166 g/mol. The molecule has 0 heterocycles. The smallest absolute Gasteiger partial charge is 0.123 e. The van der Waals surface area contributed by atoms with Crippen LogP contribution in [-0.4, -0.2) is 6.29 Å². The molecule has 0 aromatic carbocycles. The van der Waals surface area contributed by atoms with Gasteiger partial charge in [0, 0.05) is 5.92 Å². The first-order valence-corrected chi connectivity index (χ1v) is 4.52. The number of rotatable bonds is 6. The van der Waals surface area contributed by atoms with Gasteiger partial charge >= 0.3 is 0 Å². The van der Waals surface area contributed by atoms with Gasteiger partial charge in [-0.05, 0) is 26.2 Å². The SMILES string of the molecule is C/C=C/CC/C=C/CC(C)C=O. The van der Waals surface area contributed by atoms with Crippen LogP contribution in [0.25, 0.3) is 0 Å². The molecule has 0 fully saturated rings. The van der Waals surface area contributed by atoms with Gasteiger partial charge < -0.3 is 4.79 Å². The third-order valence-electron chi connectivity index (χ3n) is 1.64. The van der Waals surface area contributed by atoms with Crippen molar-refractivity contribution in [2.75, 3.05) is 0 Å². The van der Waals surface area contributed by atoms with E-state index in [1.807, 2.05) is 13.8 Å². The van der Waals surface area contributed by atoms with Gasteiger partial charge in [-0.25, -0.2) is 0 Å². The lowest BCUT2D eigenvalue weighted by molar-refractivity contribution is -0.110. The third-order valence-corrected chi connectivity index (χ3v) is 1.64. The third kappa shape index (κ3) is 7.26. The number of hydrogen-bond acceptors (Lipinski definition) is 1. The minimum absolute atomic E-state index is 0.169. The van der Waals surface area contributed by atoms with E-state index in [1.165, 1.54) is 0 Å². The molecule has 0 aliphatic heterocycles. The summed E-state index contributed by atoms with van der Waals surface area (Å²) in [6.07, 6.45) is 12.5. The van der Waals surface area contributed by atoms with Crippen molar-refractivity contribution >= 4 is 6.29 Å². The first-order valence-electron chi connectivity index (χ1n) is 4.52. The second-order valence-electron chi connectivity index (χ2n) is 2.97. The fourth-order valence-electron chi connectivity index (χ4n) is 0.843. The molecule has 0 amide bonds. The number of allylic oxidation sites excluding steroid dienone is 4. The lowest BCUT2D eigenvalue weighted by Crippen LogP contribution is -1.91. The van der Waals surface area contributed by atoms with E-state index >= 15 is 0 Å². The van der Waals surface area contributed by atoms with Gasteiger partial charge in [-0.3, -0.25) is 0 Å². The summed E-state index contributed by atoms with van der Waals surface area (Å²) < 4.78 is 0. The van der Waals surface area contributed by atoms with E-state index in [4.69, 9.17) is 0 Å². The molecule has 68 valence electrons. The predicted molar refractivity (Wildman–Crippen MR) is 53.0 cm³/mol. The molecule has 1 heteroatoms. The molecule has 1 unspecified atom stereocenters. The van der Waals surface area contributed by atoms with E-state index in [1.54, 1.807) is 0 Å². The number of carbonyl (C=O) groups is 1. The van der Waals surface area contributed by atoms with Crippen LogP contribution >= 0.6 is 0 Å². The van der Waals surface area contributed by atoms with Crippen molar-refractivity contribution in [2.24, 2.45) is 5.92 Å². The molecule has 1 atom stereocenters. The van der Waals surface area contributed by atoms with Crippen LogP contribution in [0, 0.1) is 5.92 Å². The summed E-state index contributed by atoms with van der Waals surface area (Å²) >= 11 is 0. The molecule has 0 aliphatic carbocycles. The van der Waals surface area contributed by atoms with Crippen molar-refractivity contribution in [1.29, 1.82) is 0 Å². The Balaban J connectivity index is 3.30. The lowest BCUT2D eigenvalue weighted by atomic mass is 10.1. The Morgan fingerprint density at radius 1 is 1.17 bits per heavy atom. The Hall–Kier alpha value is -0.850. The molecule has 0 radical (unpaired) electrons. The highest BCUT2D eigenvalue weighted by Crippen LogP contribution is 2.00. The summed E-state index contributed by atoms with van der Waals surface area (Å²) in [6, 6.07) is 0. The second-order valence-corrected chi connectivity index (χ2v) is 2.97. The van der Waals surface area contributed by atoms with Crippen LogP contribution in [0.4, 0.5) is 0 Å². The molecular formula is C11H18O. The van der Waals surface area contributed by atoms with E-state index in [2.05, 4.69) is 24.3 Å². The van der Waals surface area contributed by atoms with Crippen molar-refractivity contribution in [1.82, 2.24) is 0 Å². The lowest BCUT2D eigenvalue weighted by Gasteiger charge is -1.94.